The molecule has 0 aliphatic heterocycles. The van der Waals surface area contributed by atoms with E-state index in [4.69, 9.17) is 11.1 Å². The zero-order chi connectivity index (χ0) is 9.42. The van der Waals surface area contributed by atoms with E-state index in [1.165, 1.54) is 0 Å². The number of hydrogen-bond acceptors (Lipinski definition) is 2. The van der Waals surface area contributed by atoms with Crippen molar-refractivity contribution < 1.29 is 0 Å². The maximum absolute atomic E-state index is 7.28. The Morgan fingerprint density at radius 3 is 3.00 bits per heavy atom. The lowest BCUT2D eigenvalue weighted by atomic mass is 10.2. The van der Waals surface area contributed by atoms with Crippen molar-refractivity contribution in [3.8, 4) is 0 Å². The predicted molar refractivity (Wildman–Crippen MR) is 51.7 cm³/mol. The summed E-state index contributed by atoms with van der Waals surface area (Å²) >= 11 is 0. The van der Waals surface area contributed by atoms with Crippen molar-refractivity contribution in [2.45, 2.75) is 0 Å². The summed E-state index contributed by atoms with van der Waals surface area (Å²) in [7, 11) is 1.92. The van der Waals surface area contributed by atoms with Gasteiger partial charge in [-0.15, -0.1) is 0 Å². The average Bonchev–Trinajstić information content (AvgIpc) is 2.47. The molecule has 0 aliphatic carbocycles. The number of amidine groups is 1. The Bertz CT molecular complexity index is 469. The zero-order valence-electron chi connectivity index (χ0n) is 7.28. The molecule has 3 N–H and O–H groups in total. The Hall–Kier alpha value is -1.84. The van der Waals surface area contributed by atoms with Crippen LogP contribution in [0.4, 0.5) is 0 Å². The summed E-state index contributed by atoms with van der Waals surface area (Å²) in [5, 5.41) is 7.28. The summed E-state index contributed by atoms with van der Waals surface area (Å²) in [6.07, 6.45) is 1.74. The molecule has 0 bridgehead atoms. The molecule has 0 atom stereocenters. The minimum atomic E-state index is 0.0862. The summed E-state index contributed by atoms with van der Waals surface area (Å²) in [5.41, 5.74) is 8.03. The molecule has 0 aliphatic rings. The normalized spacial score (nSPS) is 10.5. The van der Waals surface area contributed by atoms with Crippen molar-refractivity contribution in [1.29, 1.82) is 5.41 Å². The fourth-order valence-electron chi connectivity index (χ4n) is 1.29. The van der Waals surface area contributed by atoms with E-state index in [1.54, 1.807) is 12.4 Å². The van der Waals surface area contributed by atoms with Crippen LogP contribution < -0.4 is 5.73 Å². The molecule has 4 nitrogen and oxygen atoms in total. The van der Waals surface area contributed by atoms with Gasteiger partial charge in [-0.05, 0) is 18.2 Å². The van der Waals surface area contributed by atoms with Crippen LogP contribution in [0.2, 0.25) is 0 Å². The van der Waals surface area contributed by atoms with Crippen LogP contribution >= 0.6 is 0 Å². The van der Waals surface area contributed by atoms with E-state index in [1.807, 2.05) is 23.7 Å². The quantitative estimate of drug-likeness (QED) is 0.497. The molecular weight excluding hydrogens is 164 g/mol. The first-order valence-electron chi connectivity index (χ1n) is 3.94. The smallest absolute Gasteiger partial charge is 0.122 e. The molecule has 0 unspecified atom stereocenters. The van der Waals surface area contributed by atoms with Crippen molar-refractivity contribution in [3.05, 3.63) is 30.1 Å². The summed E-state index contributed by atoms with van der Waals surface area (Å²) in [5.74, 6) is 0.0862. The molecule has 2 rings (SSSR count). The van der Waals surface area contributed by atoms with Crippen LogP contribution in [0.3, 0.4) is 0 Å². The highest BCUT2D eigenvalue weighted by Gasteiger charge is 2.01. The van der Waals surface area contributed by atoms with Gasteiger partial charge in [0.25, 0.3) is 0 Å². The van der Waals surface area contributed by atoms with Gasteiger partial charge >= 0.3 is 0 Å². The van der Waals surface area contributed by atoms with Gasteiger partial charge < -0.3 is 10.3 Å². The Kier molecular flexibility index (Phi) is 1.55. The van der Waals surface area contributed by atoms with Gasteiger partial charge in [0, 0.05) is 12.6 Å². The monoisotopic (exact) mass is 174 g/mol. The number of aryl methyl sites for hydroxylation is 1. The number of nitrogen functional groups attached to an aromatic ring is 1. The minimum Gasteiger partial charge on any atom is -0.384 e. The third-order valence-electron chi connectivity index (χ3n) is 2.04. The van der Waals surface area contributed by atoms with Crippen LogP contribution in [-0.2, 0) is 7.05 Å². The molecule has 0 spiro atoms. The van der Waals surface area contributed by atoms with Crippen molar-refractivity contribution in [3.63, 3.8) is 0 Å². The Balaban J connectivity index is 2.72. The van der Waals surface area contributed by atoms with Crippen LogP contribution in [0.15, 0.2) is 24.5 Å². The highest BCUT2D eigenvalue weighted by molar-refractivity contribution is 5.97. The van der Waals surface area contributed by atoms with Crippen molar-refractivity contribution in [2.24, 2.45) is 12.8 Å². The second-order valence-electron chi connectivity index (χ2n) is 2.97. The van der Waals surface area contributed by atoms with Crippen LogP contribution in [-0.4, -0.2) is 15.4 Å². The van der Waals surface area contributed by atoms with E-state index in [0.29, 0.717) is 0 Å². The molecular formula is C9H10N4. The van der Waals surface area contributed by atoms with Gasteiger partial charge in [-0.1, -0.05) is 0 Å². The Morgan fingerprint density at radius 1 is 1.54 bits per heavy atom. The molecule has 1 aromatic carbocycles. The molecule has 0 fully saturated rings. The molecule has 2 aromatic rings. The Labute approximate surface area is 75.5 Å². The fraction of sp³-hybridized carbons (Fsp3) is 0.111. The fourth-order valence-corrected chi connectivity index (χ4v) is 1.29. The van der Waals surface area contributed by atoms with E-state index in [0.717, 1.165) is 16.6 Å². The lowest BCUT2D eigenvalue weighted by molar-refractivity contribution is 0.947. The number of imidazole rings is 1. The molecule has 1 aromatic heterocycles. The SMILES string of the molecule is Cn1cnc2ccc(C(=N)N)cc21. The number of hydrogen-bond donors (Lipinski definition) is 2. The van der Waals surface area contributed by atoms with Gasteiger partial charge in [-0.25, -0.2) is 4.98 Å². The van der Waals surface area contributed by atoms with E-state index in [-0.39, 0.29) is 5.84 Å². The van der Waals surface area contributed by atoms with Crippen molar-refractivity contribution in [2.75, 3.05) is 0 Å². The molecule has 66 valence electrons. The first-order chi connectivity index (χ1) is 6.18. The number of fused-ring (bicyclic) bond motifs is 1. The largest absolute Gasteiger partial charge is 0.384 e. The van der Waals surface area contributed by atoms with E-state index < -0.39 is 0 Å². The molecule has 1 heterocycles. The van der Waals surface area contributed by atoms with Crippen LogP contribution in [0.25, 0.3) is 11.0 Å². The second-order valence-corrected chi connectivity index (χ2v) is 2.97. The van der Waals surface area contributed by atoms with E-state index in [2.05, 4.69) is 4.98 Å². The highest BCUT2D eigenvalue weighted by Crippen LogP contribution is 2.13. The third kappa shape index (κ3) is 1.16. The number of aromatic nitrogens is 2. The minimum absolute atomic E-state index is 0.0862. The first kappa shape index (κ1) is 7.79. The van der Waals surface area contributed by atoms with Gasteiger partial charge in [0.05, 0.1) is 17.4 Å². The Morgan fingerprint density at radius 2 is 2.31 bits per heavy atom. The lowest BCUT2D eigenvalue weighted by Gasteiger charge is -1.98. The van der Waals surface area contributed by atoms with E-state index >= 15 is 0 Å². The van der Waals surface area contributed by atoms with E-state index in [9.17, 15) is 0 Å². The van der Waals surface area contributed by atoms with Crippen LogP contribution in [0, 0.1) is 5.41 Å². The molecule has 0 saturated carbocycles. The lowest BCUT2D eigenvalue weighted by Crippen LogP contribution is -2.10. The third-order valence-corrected chi connectivity index (χ3v) is 2.04. The summed E-state index contributed by atoms with van der Waals surface area (Å²) in [4.78, 5) is 4.17. The van der Waals surface area contributed by atoms with Gasteiger partial charge in [0.1, 0.15) is 5.84 Å². The second kappa shape index (κ2) is 2.58. The standard InChI is InChI=1S/C9H10N4/c1-13-5-12-7-3-2-6(9(10)11)4-8(7)13/h2-5H,1H3,(H3,10,11). The number of nitrogens with two attached hydrogens (primary N) is 1. The van der Waals surface area contributed by atoms with Gasteiger partial charge in [-0.3, -0.25) is 5.41 Å². The predicted octanol–water partition coefficient (Wildman–Crippen LogP) is 0.857. The number of rotatable bonds is 1. The molecule has 0 saturated heterocycles. The summed E-state index contributed by atoms with van der Waals surface area (Å²) in [6, 6.07) is 5.54. The highest BCUT2D eigenvalue weighted by atomic mass is 15.0. The summed E-state index contributed by atoms with van der Waals surface area (Å²) in [6.45, 7) is 0. The molecule has 13 heavy (non-hydrogen) atoms. The topological polar surface area (TPSA) is 67.7 Å². The van der Waals surface area contributed by atoms with Crippen LogP contribution in [0.5, 0.6) is 0 Å². The molecule has 4 heteroatoms. The summed E-state index contributed by atoms with van der Waals surface area (Å²) < 4.78 is 1.90. The first-order valence-corrected chi connectivity index (χ1v) is 3.94. The number of benzene rings is 1. The van der Waals surface area contributed by atoms with Crippen LogP contribution in [0.1, 0.15) is 5.56 Å². The maximum atomic E-state index is 7.28. The van der Waals surface area contributed by atoms with Crippen molar-refractivity contribution in [1.82, 2.24) is 9.55 Å². The zero-order valence-corrected chi connectivity index (χ0v) is 7.28. The van der Waals surface area contributed by atoms with Gasteiger partial charge in [0.2, 0.25) is 0 Å². The maximum Gasteiger partial charge on any atom is 0.122 e. The number of nitrogens with zero attached hydrogens (tertiary/aromatic N) is 2. The molecule has 0 amide bonds. The van der Waals surface area contributed by atoms with Gasteiger partial charge in [-0.2, -0.15) is 0 Å². The average molecular weight is 174 g/mol. The molecule has 0 radical (unpaired) electrons. The van der Waals surface area contributed by atoms with Gasteiger partial charge in [0.15, 0.2) is 0 Å². The van der Waals surface area contributed by atoms with Crippen molar-refractivity contribution >= 4 is 16.9 Å². The number of nitrogens with one attached hydrogen (secondary N) is 1.